The SMILES string of the molecule is CO/C(C)=C/C=C\c1ccc(C(=O)NCCNC=O)[nH]1. The minimum atomic E-state index is -0.207. The average molecular weight is 277 g/mol. The summed E-state index contributed by atoms with van der Waals surface area (Å²) in [5.74, 6) is 0.592. The van der Waals surface area contributed by atoms with Crippen LogP contribution in [0.15, 0.2) is 30.0 Å². The zero-order chi connectivity index (χ0) is 14.8. The predicted octanol–water partition coefficient (Wildman–Crippen LogP) is 1.05. The molecule has 0 atom stereocenters. The lowest BCUT2D eigenvalue weighted by atomic mass is 10.3. The van der Waals surface area contributed by atoms with E-state index in [9.17, 15) is 9.59 Å². The molecule has 0 bridgehead atoms. The summed E-state index contributed by atoms with van der Waals surface area (Å²) in [6, 6.07) is 3.51. The van der Waals surface area contributed by atoms with Crippen molar-refractivity contribution < 1.29 is 14.3 Å². The number of rotatable bonds is 8. The van der Waals surface area contributed by atoms with Gasteiger partial charge < -0.3 is 20.4 Å². The van der Waals surface area contributed by atoms with Crippen LogP contribution >= 0.6 is 0 Å². The van der Waals surface area contributed by atoms with Gasteiger partial charge >= 0.3 is 0 Å². The molecule has 6 nitrogen and oxygen atoms in total. The first-order valence-corrected chi connectivity index (χ1v) is 6.20. The highest BCUT2D eigenvalue weighted by molar-refractivity contribution is 5.92. The number of aromatic nitrogens is 1. The highest BCUT2D eigenvalue weighted by Gasteiger charge is 2.05. The first-order chi connectivity index (χ1) is 9.67. The van der Waals surface area contributed by atoms with Crippen molar-refractivity contribution in [1.82, 2.24) is 15.6 Å². The van der Waals surface area contributed by atoms with E-state index in [1.165, 1.54) is 0 Å². The summed E-state index contributed by atoms with van der Waals surface area (Å²) in [4.78, 5) is 24.8. The summed E-state index contributed by atoms with van der Waals surface area (Å²) in [6.45, 7) is 2.65. The molecule has 20 heavy (non-hydrogen) atoms. The molecule has 108 valence electrons. The van der Waals surface area contributed by atoms with Crippen LogP contribution in [0.4, 0.5) is 0 Å². The van der Waals surface area contributed by atoms with E-state index in [2.05, 4.69) is 15.6 Å². The zero-order valence-electron chi connectivity index (χ0n) is 11.6. The van der Waals surface area contributed by atoms with E-state index < -0.39 is 0 Å². The largest absolute Gasteiger partial charge is 0.501 e. The van der Waals surface area contributed by atoms with Crippen LogP contribution in [0.3, 0.4) is 0 Å². The van der Waals surface area contributed by atoms with Crippen molar-refractivity contribution in [3.63, 3.8) is 0 Å². The number of amides is 2. The second-order valence-electron chi connectivity index (χ2n) is 4.00. The fraction of sp³-hybridized carbons (Fsp3) is 0.286. The Morgan fingerprint density at radius 1 is 1.40 bits per heavy atom. The number of methoxy groups -OCH3 is 1. The molecule has 0 spiro atoms. The van der Waals surface area contributed by atoms with E-state index >= 15 is 0 Å². The number of carbonyl (C=O) groups excluding carboxylic acids is 2. The molecule has 0 saturated carbocycles. The highest BCUT2D eigenvalue weighted by atomic mass is 16.5. The Bertz CT molecular complexity index is 504. The monoisotopic (exact) mass is 277 g/mol. The van der Waals surface area contributed by atoms with Crippen molar-refractivity contribution >= 4 is 18.4 Å². The van der Waals surface area contributed by atoms with Crippen LogP contribution in [0.1, 0.15) is 23.1 Å². The number of ether oxygens (including phenoxy) is 1. The third-order valence-corrected chi connectivity index (χ3v) is 2.52. The molecule has 1 heterocycles. The summed E-state index contributed by atoms with van der Waals surface area (Å²) in [6.07, 6.45) is 6.10. The van der Waals surface area contributed by atoms with Crippen LogP contribution in [0, 0.1) is 0 Å². The van der Waals surface area contributed by atoms with Gasteiger partial charge in [0.15, 0.2) is 0 Å². The molecule has 2 amide bonds. The molecule has 0 aliphatic rings. The predicted molar refractivity (Wildman–Crippen MR) is 77.0 cm³/mol. The number of aromatic amines is 1. The maximum atomic E-state index is 11.7. The van der Waals surface area contributed by atoms with E-state index in [0.29, 0.717) is 25.2 Å². The number of hydrogen-bond donors (Lipinski definition) is 3. The van der Waals surface area contributed by atoms with Gasteiger partial charge in [0.1, 0.15) is 5.69 Å². The first kappa shape index (κ1) is 15.6. The third-order valence-electron chi connectivity index (χ3n) is 2.52. The molecule has 0 unspecified atom stereocenters. The van der Waals surface area contributed by atoms with Crippen LogP contribution in [0.5, 0.6) is 0 Å². The van der Waals surface area contributed by atoms with Gasteiger partial charge in [-0.1, -0.05) is 6.08 Å². The van der Waals surface area contributed by atoms with E-state index in [4.69, 9.17) is 4.74 Å². The summed E-state index contributed by atoms with van der Waals surface area (Å²) < 4.78 is 5.00. The molecule has 0 aliphatic carbocycles. The minimum Gasteiger partial charge on any atom is -0.501 e. The van der Waals surface area contributed by atoms with Crippen LogP contribution in [0.25, 0.3) is 6.08 Å². The van der Waals surface area contributed by atoms with Crippen LogP contribution in [-0.4, -0.2) is 37.5 Å². The van der Waals surface area contributed by atoms with Gasteiger partial charge in [-0.15, -0.1) is 0 Å². The molecule has 1 aromatic heterocycles. The quantitative estimate of drug-likeness (QED) is 0.287. The van der Waals surface area contributed by atoms with Gasteiger partial charge in [0, 0.05) is 18.8 Å². The van der Waals surface area contributed by atoms with Crippen molar-refractivity contribution in [2.75, 3.05) is 20.2 Å². The van der Waals surface area contributed by atoms with Gasteiger partial charge in [-0.3, -0.25) is 9.59 Å². The van der Waals surface area contributed by atoms with Gasteiger partial charge in [-0.2, -0.15) is 0 Å². The maximum Gasteiger partial charge on any atom is 0.267 e. The average Bonchev–Trinajstić information content (AvgIpc) is 2.92. The van der Waals surface area contributed by atoms with Crippen LogP contribution in [0.2, 0.25) is 0 Å². The Morgan fingerprint density at radius 2 is 2.20 bits per heavy atom. The Morgan fingerprint density at radius 3 is 2.90 bits per heavy atom. The van der Waals surface area contributed by atoms with Crippen molar-refractivity contribution in [3.05, 3.63) is 41.4 Å². The molecule has 0 radical (unpaired) electrons. The van der Waals surface area contributed by atoms with Crippen molar-refractivity contribution in [2.24, 2.45) is 0 Å². The Hall–Kier alpha value is -2.50. The van der Waals surface area contributed by atoms with Crippen molar-refractivity contribution in [3.8, 4) is 0 Å². The number of hydrogen-bond acceptors (Lipinski definition) is 3. The molecular formula is C14H19N3O3. The third kappa shape index (κ3) is 5.43. The van der Waals surface area contributed by atoms with E-state index in [1.54, 1.807) is 13.2 Å². The molecule has 6 heteroatoms. The second kappa shape index (κ2) is 8.58. The Kier molecular flexibility index (Phi) is 6.67. The van der Waals surface area contributed by atoms with Crippen molar-refractivity contribution in [1.29, 1.82) is 0 Å². The van der Waals surface area contributed by atoms with Crippen molar-refractivity contribution in [2.45, 2.75) is 6.92 Å². The summed E-state index contributed by atoms with van der Waals surface area (Å²) in [7, 11) is 1.61. The molecule has 0 fully saturated rings. The Balaban J connectivity index is 2.50. The molecule has 0 aliphatic heterocycles. The topological polar surface area (TPSA) is 83.2 Å². The van der Waals surface area contributed by atoms with Gasteiger partial charge in [0.05, 0.1) is 12.9 Å². The lowest BCUT2D eigenvalue weighted by molar-refractivity contribution is -0.109. The van der Waals surface area contributed by atoms with Crippen LogP contribution in [-0.2, 0) is 9.53 Å². The smallest absolute Gasteiger partial charge is 0.267 e. The van der Waals surface area contributed by atoms with E-state index in [1.807, 2.05) is 31.2 Å². The van der Waals surface area contributed by atoms with Gasteiger partial charge in [-0.25, -0.2) is 0 Å². The lowest BCUT2D eigenvalue weighted by Crippen LogP contribution is -2.31. The molecule has 1 aromatic rings. The number of carbonyl (C=O) groups is 2. The summed E-state index contributed by atoms with van der Waals surface area (Å²) in [5, 5.41) is 5.15. The van der Waals surface area contributed by atoms with Crippen LogP contribution < -0.4 is 10.6 Å². The second-order valence-corrected chi connectivity index (χ2v) is 4.00. The molecule has 3 N–H and O–H groups in total. The van der Waals surface area contributed by atoms with Gasteiger partial charge in [-0.05, 0) is 31.2 Å². The van der Waals surface area contributed by atoms with E-state index in [0.717, 1.165) is 11.5 Å². The molecule has 0 saturated heterocycles. The molecular weight excluding hydrogens is 258 g/mol. The lowest BCUT2D eigenvalue weighted by Gasteiger charge is -2.02. The normalized spacial score (nSPS) is 11.4. The fourth-order valence-corrected chi connectivity index (χ4v) is 1.40. The Labute approximate surface area is 117 Å². The number of nitrogens with one attached hydrogen (secondary N) is 3. The van der Waals surface area contributed by atoms with E-state index in [-0.39, 0.29) is 5.91 Å². The standard InChI is InChI=1S/C14H19N3O3/c1-11(20-2)4-3-5-12-6-7-13(17-12)14(19)16-9-8-15-10-18/h3-7,10,17H,8-9H2,1-2H3,(H,15,18)(H,16,19)/b5-3-,11-4+. The zero-order valence-corrected chi connectivity index (χ0v) is 11.6. The summed E-state index contributed by atoms with van der Waals surface area (Å²) in [5.41, 5.74) is 1.30. The van der Waals surface area contributed by atoms with Gasteiger partial charge in [0.25, 0.3) is 5.91 Å². The maximum absolute atomic E-state index is 11.7. The first-order valence-electron chi connectivity index (χ1n) is 6.20. The molecule has 1 rings (SSSR count). The number of H-pyrrole nitrogens is 1. The molecule has 0 aromatic carbocycles. The highest BCUT2D eigenvalue weighted by Crippen LogP contribution is 2.04. The van der Waals surface area contributed by atoms with Gasteiger partial charge in [0.2, 0.25) is 6.41 Å². The fourth-order valence-electron chi connectivity index (χ4n) is 1.40. The number of allylic oxidation sites excluding steroid dienone is 3. The summed E-state index contributed by atoms with van der Waals surface area (Å²) >= 11 is 0. The minimum absolute atomic E-state index is 0.207.